The van der Waals surface area contributed by atoms with Gasteiger partial charge in [0.05, 0.1) is 16.3 Å². The summed E-state index contributed by atoms with van der Waals surface area (Å²) in [6, 6.07) is 5.30. The van der Waals surface area contributed by atoms with E-state index in [1.165, 1.54) is 10.6 Å². The Bertz CT molecular complexity index is 686. The summed E-state index contributed by atoms with van der Waals surface area (Å²) in [7, 11) is -1.43. The van der Waals surface area contributed by atoms with Crippen LogP contribution >= 0.6 is 23.2 Å². The number of carbonyl (C=O) groups excluding carboxylic acids is 1. The summed E-state index contributed by atoms with van der Waals surface area (Å²) < 4.78 is 24.4. The van der Waals surface area contributed by atoms with E-state index in [-0.39, 0.29) is 11.8 Å². The van der Waals surface area contributed by atoms with Gasteiger partial charge in [0.25, 0.3) is 0 Å². The zero-order chi connectivity index (χ0) is 17.2. The van der Waals surface area contributed by atoms with E-state index in [0.29, 0.717) is 42.5 Å². The lowest BCUT2D eigenvalue weighted by Gasteiger charge is -2.31. The Hall–Kier alpha value is -0.820. The number of carbonyl (C=O) groups is 1. The second-order valence-electron chi connectivity index (χ2n) is 5.88. The minimum atomic E-state index is -3.17. The van der Waals surface area contributed by atoms with Crippen molar-refractivity contribution in [3.8, 4) is 0 Å². The first-order chi connectivity index (χ1) is 10.7. The summed E-state index contributed by atoms with van der Waals surface area (Å²) in [6.45, 7) is 1.24. The van der Waals surface area contributed by atoms with E-state index in [1.54, 1.807) is 24.1 Å². The summed E-state index contributed by atoms with van der Waals surface area (Å²) in [5, 5.41) is 0.948. The van der Waals surface area contributed by atoms with E-state index >= 15 is 0 Å². The molecule has 0 bridgehead atoms. The number of hydrogen-bond acceptors (Lipinski definition) is 3. The first-order valence-electron chi connectivity index (χ1n) is 7.32. The van der Waals surface area contributed by atoms with Crippen molar-refractivity contribution < 1.29 is 13.2 Å². The van der Waals surface area contributed by atoms with E-state index in [9.17, 15) is 13.2 Å². The second kappa shape index (κ2) is 7.38. The van der Waals surface area contributed by atoms with E-state index in [1.807, 2.05) is 6.07 Å². The number of piperidine rings is 1. The minimum Gasteiger partial charge on any atom is -0.341 e. The zero-order valence-corrected chi connectivity index (χ0v) is 15.5. The van der Waals surface area contributed by atoms with Crippen LogP contribution in [0.4, 0.5) is 0 Å². The average molecular weight is 379 g/mol. The van der Waals surface area contributed by atoms with Gasteiger partial charge in [0, 0.05) is 32.6 Å². The summed E-state index contributed by atoms with van der Waals surface area (Å²) in [5.41, 5.74) is 0.906. The minimum absolute atomic E-state index is 0.0317. The summed E-state index contributed by atoms with van der Waals surface area (Å²) in [4.78, 5) is 14.2. The van der Waals surface area contributed by atoms with Crippen LogP contribution < -0.4 is 0 Å². The Morgan fingerprint density at radius 3 is 2.39 bits per heavy atom. The van der Waals surface area contributed by atoms with Crippen LogP contribution in [0.5, 0.6) is 0 Å². The van der Waals surface area contributed by atoms with Crippen LogP contribution in [-0.4, -0.2) is 49.9 Å². The highest BCUT2D eigenvalue weighted by Crippen LogP contribution is 2.25. The summed E-state index contributed by atoms with van der Waals surface area (Å²) in [5.74, 6) is -0.106. The topological polar surface area (TPSA) is 57.7 Å². The van der Waals surface area contributed by atoms with Crippen molar-refractivity contribution in [2.24, 2.45) is 5.92 Å². The van der Waals surface area contributed by atoms with Gasteiger partial charge in [-0.05, 0) is 30.5 Å². The zero-order valence-electron chi connectivity index (χ0n) is 13.1. The molecular weight excluding hydrogens is 359 g/mol. The predicted octanol–water partition coefficient (Wildman–Crippen LogP) is 2.62. The molecule has 8 heteroatoms. The standard InChI is InChI=1S/C15H20Cl2N2O3S/c1-18(10-11-3-4-13(16)14(17)9-11)15(20)12-5-7-19(8-6-12)23(2,21)22/h3-4,9,12H,5-8,10H2,1-2H3. The average Bonchev–Trinajstić information content (AvgIpc) is 2.49. The fraction of sp³-hybridized carbons (Fsp3) is 0.533. The first kappa shape index (κ1) is 18.5. The van der Waals surface area contributed by atoms with Gasteiger partial charge in [-0.1, -0.05) is 29.3 Å². The normalized spacial score (nSPS) is 17.2. The van der Waals surface area contributed by atoms with Gasteiger partial charge in [-0.3, -0.25) is 4.79 Å². The molecule has 1 aliphatic rings. The molecule has 23 heavy (non-hydrogen) atoms. The van der Waals surface area contributed by atoms with Gasteiger partial charge < -0.3 is 4.90 Å². The third kappa shape index (κ3) is 4.83. The van der Waals surface area contributed by atoms with E-state index in [4.69, 9.17) is 23.2 Å². The lowest BCUT2D eigenvalue weighted by atomic mass is 9.96. The highest BCUT2D eigenvalue weighted by molar-refractivity contribution is 7.88. The number of sulfonamides is 1. The largest absolute Gasteiger partial charge is 0.341 e. The molecule has 0 radical (unpaired) electrons. The molecule has 0 saturated carbocycles. The molecule has 0 aromatic heterocycles. The van der Waals surface area contributed by atoms with Crippen LogP contribution in [0, 0.1) is 5.92 Å². The van der Waals surface area contributed by atoms with Crippen LogP contribution in [0.3, 0.4) is 0 Å². The van der Waals surface area contributed by atoms with Crippen molar-refractivity contribution in [3.05, 3.63) is 33.8 Å². The Kier molecular flexibility index (Phi) is 5.94. The quantitative estimate of drug-likeness (QED) is 0.808. The first-order valence-corrected chi connectivity index (χ1v) is 9.93. The molecule has 0 N–H and O–H groups in total. The molecule has 1 fully saturated rings. The monoisotopic (exact) mass is 378 g/mol. The van der Waals surface area contributed by atoms with Gasteiger partial charge in [0.15, 0.2) is 0 Å². The molecule has 0 spiro atoms. The number of hydrogen-bond donors (Lipinski definition) is 0. The summed E-state index contributed by atoms with van der Waals surface area (Å²) in [6.07, 6.45) is 2.31. The van der Waals surface area contributed by atoms with Crippen molar-refractivity contribution in [1.29, 1.82) is 0 Å². The van der Waals surface area contributed by atoms with Crippen LogP contribution in [0.25, 0.3) is 0 Å². The number of benzene rings is 1. The number of amides is 1. The van der Waals surface area contributed by atoms with Crippen molar-refractivity contribution in [1.82, 2.24) is 9.21 Å². The van der Waals surface area contributed by atoms with Crippen molar-refractivity contribution in [2.45, 2.75) is 19.4 Å². The maximum atomic E-state index is 12.5. The predicted molar refractivity (Wildman–Crippen MR) is 92.1 cm³/mol. The highest BCUT2D eigenvalue weighted by atomic mass is 35.5. The van der Waals surface area contributed by atoms with Gasteiger partial charge >= 0.3 is 0 Å². The van der Waals surface area contributed by atoms with Gasteiger partial charge in [-0.15, -0.1) is 0 Å². The third-order valence-corrected chi connectivity index (χ3v) is 6.09. The maximum absolute atomic E-state index is 12.5. The van der Waals surface area contributed by atoms with Gasteiger partial charge in [-0.2, -0.15) is 0 Å². The molecule has 0 atom stereocenters. The third-order valence-electron chi connectivity index (χ3n) is 4.05. The van der Waals surface area contributed by atoms with E-state index in [2.05, 4.69) is 0 Å². The fourth-order valence-electron chi connectivity index (χ4n) is 2.74. The van der Waals surface area contributed by atoms with Crippen molar-refractivity contribution in [3.63, 3.8) is 0 Å². The Balaban J connectivity index is 1.94. The molecule has 128 valence electrons. The van der Waals surface area contributed by atoms with Crippen molar-refractivity contribution in [2.75, 3.05) is 26.4 Å². The van der Waals surface area contributed by atoms with Gasteiger partial charge in [-0.25, -0.2) is 12.7 Å². The number of nitrogens with zero attached hydrogens (tertiary/aromatic N) is 2. The molecule has 1 aromatic carbocycles. The Labute approximate surface area is 147 Å². The van der Waals surface area contributed by atoms with Gasteiger partial charge in [0.1, 0.15) is 0 Å². The Morgan fingerprint density at radius 2 is 1.87 bits per heavy atom. The molecule has 0 aliphatic carbocycles. The second-order valence-corrected chi connectivity index (χ2v) is 8.68. The van der Waals surface area contributed by atoms with Crippen LogP contribution in [-0.2, 0) is 21.4 Å². The van der Waals surface area contributed by atoms with Gasteiger partial charge in [0.2, 0.25) is 15.9 Å². The van der Waals surface area contributed by atoms with E-state index in [0.717, 1.165) is 5.56 Å². The summed E-state index contributed by atoms with van der Waals surface area (Å²) >= 11 is 11.9. The highest BCUT2D eigenvalue weighted by Gasteiger charge is 2.30. The fourth-order valence-corrected chi connectivity index (χ4v) is 3.93. The molecule has 1 amide bonds. The molecule has 1 aliphatic heterocycles. The lowest BCUT2D eigenvalue weighted by Crippen LogP contribution is -2.42. The maximum Gasteiger partial charge on any atom is 0.225 e. The molecule has 1 aromatic rings. The lowest BCUT2D eigenvalue weighted by molar-refractivity contribution is -0.135. The Morgan fingerprint density at radius 1 is 1.26 bits per heavy atom. The number of halogens is 2. The van der Waals surface area contributed by atoms with Crippen molar-refractivity contribution >= 4 is 39.1 Å². The molecule has 2 rings (SSSR count). The number of rotatable bonds is 4. The van der Waals surface area contributed by atoms with E-state index < -0.39 is 10.0 Å². The van der Waals surface area contributed by atoms with Crippen LogP contribution in [0.1, 0.15) is 18.4 Å². The molecule has 5 nitrogen and oxygen atoms in total. The molecule has 1 heterocycles. The SMILES string of the molecule is CN(Cc1ccc(Cl)c(Cl)c1)C(=O)C1CCN(S(C)(=O)=O)CC1. The van der Waals surface area contributed by atoms with Crippen LogP contribution in [0.2, 0.25) is 10.0 Å². The molecule has 0 unspecified atom stereocenters. The van der Waals surface area contributed by atoms with Crippen LogP contribution in [0.15, 0.2) is 18.2 Å². The smallest absolute Gasteiger partial charge is 0.225 e. The molecule has 1 saturated heterocycles. The molecular formula is C15H20Cl2N2O3S.